The topological polar surface area (TPSA) is 50.9 Å². The van der Waals surface area contributed by atoms with Crippen LogP contribution in [-0.2, 0) is 21.1 Å². The van der Waals surface area contributed by atoms with Crippen LogP contribution in [0.15, 0.2) is 109 Å². The van der Waals surface area contributed by atoms with Crippen molar-refractivity contribution in [3.63, 3.8) is 0 Å². The van der Waals surface area contributed by atoms with E-state index in [1.807, 2.05) is 36.4 Å². The summed E-state index contributed by atoms with van der Waals surface area (Å²) in [5.41, 5.74) is 15.8. The van der Waals surface area contributed by atoms with Gasteiger partial charge in [-0.25, -0.2) is 4.98 Å². The Morgan fingerprint density at radius 2 is 1.24 bits per heavy atom. The Morgan fingerprint density at radius 1 is 0.630 bits per heavy atom. The molecular formula is C49H50N3OPt-. The van der Waals surface area contributed by atoms with Gasteiger partial charge in [0.15, 0.2) is 0 Å². The number of aryl methyl sites for hydroxylation is 1. The van der Waals surface area contributed by atoms with E-state index in [1.54, 1.807) is 6.07 Å². The molecule has 278 valence electrons. The Balaban J connectivity index is 0.00000497. The third kappa shape index (κ3) is 7.21. The van der Waals surface area contributed by atoms with Crippen LogP contribution >= 0.6 is 0 Å². The summed E-state index contributed by atoms with van der Waals surface area (Å²) in [6.45, 7) is 20.2. The number of phenols is 1. The smallest absolute Gasteiger partial charge is 0.149 e. The first kappa shape index (κ1) is 38.9. The van der Waals surface area contributed by atoms with E-state index >= 15 is 0 Å². The largest absolute Gasteiger partial charge is 0.507 e. The molecule has 0 unspecified atom stereocenters. The second-order valence-corrected chi connectivity index (χ2v) is 15.6. The third-order valence-electron chi connectivity index (χ3n) is 10.5. The predicted molar refractivity (Wildman–Crippen MR) is 222 cm³/mol. The molecule has 7 aromatic rings. The zero-order valence-electron chi connectivity index (χ0n) is 32.8. The van der Waals surface area contributed by atoms with Crippen LogP contribution in [-0.4, -0.2) is 19.6 Å². The van der Waals surface area contributed by atoms with Crippen LogP contribution in [0.2, 0.25) is 0 Å². The molecule has 0 radical (unpaired) electrons. The molecule has 1 N–H and O–H groups in total. The van der Waals surface area contributed by atoms with E-state index in [0.29, 0.717) is 23.2 Å². The molecule has 4 nitrogen and oxygen atoms in total. The van der Waals surface area contributed by atoms with Gasteiger partial charge in [0.2, 0.25) is 0 Å². The Labute approximate surface area is 335 Å². The second kappa shape index (κ2) is 15.9. The molecule has 2 heterocycles. The van der Waals surface area contributed by atoms with E-state index < -0.39 is 0 Å². The standard InChI is InChI=1S/C49H50N3O.Pt/c1-29(2)35-26-36(30(3)4)28-37(27-35)45-33(9)25-42(34-17-11-10-12-18-34)50-47(45)41-22-16-23-43-46(41)51-49(40-19-13-14-24-44(40)53)52(43)48-38(31(5)6)20-15-21-39(48)32(7)8;/h10-17,19-32,53H,1-9H3;/q-1;. The first-order chi connectivity index (χ1) is 25.4. The molecule has 0 saturated carbocycles. The van der Waals surface area contributed by atoms with Gasteiger partial charge >= 0.3 is 0 Å². The molecule has 0 aliphatic carbocycles. The molecule has 7 rings (SSSR count). The maximum atomic E-state index is 11.4. The van der Waals surface area contributed by atoms with Crippen molar-refractivity contribution in [3.05, 3.63) is 143 Å². The van der Waals surface area contributed by atoms with Gasteiger partial charge < -0.3 is 5.11 Å². The first-order valence-electron chi connectivity index (χ1n) is 19.0. The average molecular weight is 892 g/mol. The average Bonchev–Trinajstić information content (AvgIpc) is 3.53. The molecule has 0 bridgehead atoms. The molecular weight excluding hydrogens is 842 g/mol. The molecule has 5 aromatic carbocycles. The molecule has 0 amide bonds. The van der Waals surface area contributed by atoms with E-state index in [2.05, 4.69) is 140 Å². The summed E-state index contributed by atoms with van der Waals surface area (Å²) in [5.74, 6) is 2.17. The molecule has 0 aliphatic heterocycles. The normalized spacial score (nSPS) is 11.6. The van der Waals surface area contributed by atoms with Crippen LogP contribution in [0, 0.1) is 13.0 Å². The van der Waals surface area contributed by atoms with Gasteiger partial charge in [-0.1, -0.05) is 122 Å². The number of hydrogen-bond donors (Lipinski definition) is 1. The van der Waals surface area contributed by atoms with E-state index in [4.69, 9.17) is 9.97 Å². The summed E-state index contributed by atoms with van der Waals surface area (Å²) in [6, 6.07) is 41.3. The van der Waals surface area contributed by atoms with Gasteiger partial charge in [-0.15, -0.1) is 35.9 Å². The van der Waals surface area contributed by atoms with Gasteiger partial charge in [0.25, 0.3) is 0 Å². The van der Waals surface area contributed by atoms with Crippen molar-refractivity contribution < 1.29 is 26.2 Å². The molecule has 0 fully saturated rings. The number of rotatable bonds is 9. The maximum Gasteiger partial charge on any atom is 0.149 e. The van der Waals surface area contributed by atoms with Gasteiger partial charge in [0.05, 0.1) is 28.0 Å². The number of imidazole rings is 1. The Kier molecular flexibility index (Phi) is 11.5. The fraction of sp³-hybridized carbons (Fsp3) is 0.265. The van der Waals surface area contributed by atoms with Crippen molar-refractivity contribution in [1.29, 1.82) is 0 Å². The van der Waals surface area contributed by atoms with Gasteiger partial charge in [0, 0.05) is 32.2 Å². The number of para-hydroxylation sites is 3. The predicted octanol–water partition coefficient (Wildman–Crippen LogP) is 13.4. The molecule has 2 aromatic heterocycles. The Bertz CT molecular complexity index is 2390. The number of benzene rings is 5. The zero-order chi connectivity index (χ0) is 37.6. The quantitative estimate of drug-likeness (QED) is 0.147. The number of aromatic hydroxyl groups is 1. The molecule has 0 saturated heterocycles. The molecule has 0 aliphatic rings. The minimum atomic E-state index is 0. The van der Waals surface area contributed by atoms with Gasteiger partial charge in [-0.3, -0.25) is 9.55 Å². The fourth-order valence-corrected chi connectivity index (χ4v) is 7.54. The van der Waals surface area contributed by atoms with E-state index in [1.165, 1.54) is 22.3 Å². The minimum Gasteiger partial charge on any atom is -0.507 e. The minimum absolute atomic E-state index is 0. The van der Waals surface area contributed by atoms with Crippen LogP contribution in [0.4, 0.5) is 0 Å². The summed E-state index contributed by atoms with van der Waals surface area (Å²) >= 11 is 0. The number of phenolic OH excluding ortho intramolecular Hbond substituents is 1. The summed E-state index contributed by atoms with van der Waals surface area (Å²) < 4.78 is 2.29. The second-order valence-electron chi connectivity index (χ2n) is 15.6. The molecule has 0 atom stereocenters. The van der Waals surface area contributed by atoms with Crippen molar-refractivity contribution in [2.45, 2.75) is 86.0 Å². The zero-order valence-corrected chi connectivity index (χ0v) is 35.1. The number of aromatic nitrogens is 3. The van der Waals surface area contributed by atoms with Crippen molar-refractivity contribution in [2.75, 3.05) is 0 Å². The summed E-state index contributed by atoms with van der Waals surface area (Å²) in [4.78, 5) is 11.0. The number of fused-ring (bicyclic) bond motifs is 1. The van der Waals surface area contributed by atoms with Crippen molar-refractivity contribution >= 4 is 11.0 Å². The van der Waals surface area contributed by atoms with E-state index in [-0.39, 0.29) is 38.7 Å². The number of pyridine rings is 1. The van der Waals surface area contributed by atoms with Crippen LogP contribution in [0.5, 0.6) is 5.75 Å². The Morgan fingerprint density at radius 3 is 1.83 bits per heavy atom. The Hall–Kier alpha value is -4.79. The van der Waals surface area contributed by atoms with Crippen LogP contribution in [0.25, 0.3) is 61.8 Å². The molecule has 5 heteroatoms. The van der Waals surface area contributed by atoms with Crippen LogP contribution in [0.3, 0.4) is 0 Å². The summed E-state index contributed by atoms with van der Waals surface area (Å²) in [7, 11) is 0. The van der Waals surface area contributed by atoms with Gasteiger partial charge in [-0.05, 0) is 87.9 Å². The fourth-order valence-electron chi connectivity index (χ4n) is 7.54. The number of nitrogens with zero attached hydrogens (tertiary/aromatic N) is 3. The summed E-state index contributed by atoms with van der Waals surface area (Å²) in [6.07, 6.45) is 0. The van der Waals surface area contributed by atoms with Crippen molar-refractivity contribution in [1.82, 2.24) is 14.5 Å². The van der Waals surface area contributed by atoms with Crippen molar-refractivity contribution in [2.24, 2.45) is 0 Å². The summed E-state index contributed by atoms with van der Waals surface area (Å²) in [5, 5.41) is 11.4. The van der Waals surface area contributed by atoms with Crippen molar-refractivity contribution in [3.8, 4) is 56.5 Å². The molecule has 0 spiro atoms. The van der Waals surface area contributed by atoms with Crippen LogP contribution in [0.1, 0.15) is 107 Å². The van der Waals surface area contributed by atoms with E-state index in [0.717, 1.165) is 55.9 Å². The number of hydrogen-bond acceptors (Lipinski definition) is 3. The monoisotopic (exact) mass is 891 g/mol. The van der Waals surface area contributed by atoms with Crippen LogP contribution < -0.4 is 0 Å². The maximum absolute atomic E-state index is 11.4. The van der Waals surface area contributed by atoms with E-state index in [9.17, 15) is 5.11 Å². The third-order valence-corrected chi connectivity index (χ3v) is 10.5. The molecule has 54 heavy (non-hydrogen) atoms. The first-order valence-corrected chi connectivity index (χ1v) is 19.0. The van der Waals surface area contributed by atoms with Gasteiger partial charge in [-0.2, -0.15) is 0 Å². The SMILES string of the molecule is Cc1cc(-c2[c-]cccc2)nc(-c2cccc3c2nc(-c2ccccc2O)n3-c2c(C(C)C)cccc2C(C)C)c1-c1cc(C(C)C)cc(C(C)C)c1.[Pt]. The van der Waals surface area contributed by atoms with Gasteiger partial charge in [0.1, 0.15) is 11.6 Å².